The molecule has 1 fully saturated rings. The van der Waals surface area contributed by atoms with Crippen molar-refractivity contribution >= 4 is 5.91 Å². The number of nitrogens with two attached hydrogens (primary N) is 1. The van der Waals surface area contributed by atoms with Crippen LogP contribution < -0.4 is 15.2 Å². The molecule has 1 amide bonds. The number of carbonyl (C=O) groups is 1. The van der Waals surface area contributed by atoms with E-state index in [1.54, 1.807) is 49.5 Å². The van der Waals surface area contributed by atoms with Crippen LogP contribution in [-0.4, -0.2) is 31.1 Å². The molecule has 0 spiro atoms. The molecule has 1 saturated heterocycles. The molecule has 0 saturated carbocycles. The molecule has 0 unspecified atom stereocenters. The zero-order chi connectivity index (χ0) is 17.3. The monoisotopic (exact) mass is 330 g/mol. The molecule has 1 aliphatic rings. The Hall–Kier alpha value is -2.60. The maximum absolute atomic E-state index is 14.1. The number of likely N-dealkylation sites (tertiary alicyclic amines) is 1. The highest BCUT2D eigenvalue weighted by Gasteiger charge is 2.46. The second-order valence-electron chi connectivity index (χ2n) is 5.65. The number of ether oxygens (including phenoxy) is 2. The van der Waals surface area contributed by atoms with E-state index in [1.807, 2.05) is 6.07 Å². The van der Waals surface area contributed by atoms with E-state index < -0.39 is 12.1 Å². The summed E-state index contributed by atoms with van der Waals surface area (Å²) in [5.74, 6) is 0.633. The van der Waals surface area contributed by atoms with Crippen LogP contribution in [0.15, 0.2) is 42.5 Å². The lowest BCUT2D eigenvalue weighted by Crippen LogP contribution is -2.62. The van der Waals surface area contributed by atoms with Crippen molar-refractivity contribution in [3.63, 3.8) is 0 Å². The van der Waals surface area contributed by atoms with Crippen LogP contribution in [0.1, 0.15) is 17.2 Å². The fourth-order valence-corrected chi connectivity index (χ4v) is 3.00. The summed E-state index contributed by atoms with van der Waals surface area (Å²) < 4.78 is 24.5. The van der Waals surface area contributed by atoms with E-state index in [0.29, 0.717) is 23.6 Å². The van der Waals surface area contributed by atoms with Gasteiger partial charge in [0.25, 0.3) is 0 Å². The number of hydrogen-bond donors (Lipinski definition) is 1. The average Bonchev–Trinajstić information content (AvgIpc) is 2.62. The summed E-state index contributed by atoms with van der Waals surface area (Å²) in [5.41, 5.74) is 7.20. The Labute approximate surface area is 139 Å². The topological polar surface area (TPSA) is 64.8 Å². The molecule has 0 aliphatic carbocycles. The molecule has 24 heavy (non-hydrogen) atoms. The highest BCUT2D eigenvalue weighted by molar-refractivity contribution is 5.89. The highest BCUT2D eigenvalue weighted by atomic mass is 19.1. The van der Waals surface area contributed by atoms with Crippen molar-refractivity contribution in [1.29, 1.82) is 0 Å². The summed E-state index contributed by atoms with van der Waals surface area (Å²) in [6.45, 7) is 0.325. The number of amides is 1. The van der Waals surface area contributed by atoms with Gasteiger partial charge in [-0.2, -0.15) is 0 Å². The first-order valence-corrected chi connectivity index (χ1v) is 7.58. The van der Waals surface area contributed by atoms with Gasteiger partial charge in [0.2, 0.25) is 5.91 Å². The van der Waals surface area contributed by atoms with Crippen molar-refractivity contribution in [3.8, 4) is 11.5 Å². The van der Waals surface area contributed by atoms with Crippen LogP contribution in [0.5, 0.6) is 11.5 Å². The first-order chi connectivity index (χ1) is 11.6. The van der Waals surface area contributed by atoms with Crippen LogP contribution >= 0.6 is 0 Å². The van der Waals surface area contributed by atoms with Crippen molar-refractivity contribution in [2.45, 2.75) is 18.6 Å². The zero-order valence-corrected chi connectivity index (χ0v) is 13.5. The molecule has 0 bridgehead atoms. The fraction of sp³-hybridized carbons (Fsp3) is 0.278. The van der Waals surface area contributed by atoms with Crippen LogP contribution in [0.25, 0.3) is 0 Å². The Balaban J connectivity index is 1.86. The van der Waals surface area contributed by atoms with Crippen LogP contribution in [-0.2, 0) is 11.3 Å². The maximum atomic E-state index is 14.1. The quantitative estimate of drug-likeness (QED) is 0.854. The van der Waals surface area contributed by atoms with Crippen molar-refractivity contribution in [2.75, 3.05) is 14.2 Å². The minimum Gasteiger partial charge on any atom is -0.493 e. The Bertz CT molecular complexity index is 766. The van der Waals surface area contributed by atoms with Crippen molar-refractivity contribution < 1.29 is 18.7 Å². The summed E-state index contributed by atoms with van der Waals surface area (Å²) in [6, 6.07) is 10.6. The number of carbonyl (C=O) groups excluding carboxylic acids is 1. The van der Waals surface area contributed by atoms with Crippen LogP contribution in [0.2, 0.25) is 0 Å². The van der Waals surface area contributed by atoms with E-state index in [9.17, 15) is 9.18 Å². The molecule has 0 radical (unpaired) electrons. The van der Waals surface area contributed by atoms with Crippen LogP contribution in [0, 0.1) is 5.82 Å². The van der Waals surface area contributed by atoms with Crippen LogP contribution in [0.4, 0.5) is 4.39 Å². The molecule has 6 heteroatoms. The summed E-state index contributed by atoms with van der Waals surface area (Å²) in [5, 5.41) is 0. The van der Waals surface area contributed by atoms with Crippen LogP contribution in [0.3, 0.4) is 0 Å². The lowest BCUT2D eigenvalue weighted by molar-refractivity contribution is -0.150. The maximum Gasteiger partial charge on any atom is 0.242 e. The van der Waals surface area contributed by atoms with Gasteiger partial charge in [-0.25, -0.2) is 4.39 Å². The minimum absolute atomic E-state index is 0.196. The van der Waals surface area contributed by atoms with Gasteiger partial charge in [-0.05, 0) is 23.8 Å². The first-order valence-electron chi connectivity index (χ1n) is 7.58. The third-order valence-electron chi connectivity index (χ3n) is 4.27. The van der Waals surface area contributed by atoms with Gasteiger partial charge >= 0.3 is 0 Å². The molecular weight excluding hydrogens is 311 g/mol. The number of methoxy groups -OCH3 is 2. The largest absolute Gasteiger partial charge is 0.493 e. The first kappa shape index (κ1) is 16.3. The minimum atomic E-state index is -0.720. The summed E-state index contributed by atoms with van der Waals surface area (Å²) in [7, 11) is 3.11. The van der Waals surface area contributed by atoms with E-state index >= 15 is 0 Å². The lowest BCUT2D eigenvalue weighted by atomic mass is 9.88. The highest BCUT2D eigenvalue weighted by Crippen LogP contribution is 2.37. The number of rotatable bonds is 5. The standard InChI is InChI=1S/C18H19FN2O3/c1-23-14-8-7-11(9-15(14)24-2)10-21-17(16(20)18(21)22)12-5-3-4-6-13(12)19/h3-9,16-17H,10,20H2,1-2H3/t16-,17-/m0/s1. The van der Waals surface area contributed by atoms with E-state index in [0.717, 1.165) is 5.56 Å². The molecule has 2 atom stereocenters. The van der Waals surface area contributed by atoms with E-state index in [-0.39, 0.29) is 11.7 Å². The normalized spacial score (nSPS) is 19.8. The lowest BCUT2D eigenvalue weighted by Gasteiger charge is -2.45. The van der Waals surface area contributed by atoms with Gasteiger partial charge in [-0.15, -0.1) is 0 Å². The number of nitrogens with zero attached hydrogens (tertiary/aromatic N) is 1. The molecule has 3 rings (SSSR count). The van der Waals surface area contributed by atoms with Gasteiger partial charge in [0.1, 0.15) is 11.9 Å². The molecule has 5 nitrogen and oxygen atoms in total. The van der Waals surface area contributed by atoms with E-state index in [1.165, 1.54) is 6.07 Å². The number of halogens is 1. The average molecular weight is 330 g/mol. The summed E-state index contributed by atoms with van der Waals surface area (Å²) >= 11 is 0. The smallest absolute Gasteiger partial charge is 0.242 e. The molecule has 2 aromatic carbocycles. The van der Waals surface area contributed by atoms with Gasteiger partial charge in [0.05, 0.1) is 20.3 Å². The Morgan fingerprint density at radius 2 is 1.83 bits per heavy atom. The molecule has 2 aromatic rings. The molecule has 0 aromatic heterocycles. The van der Waals surface area contributed by atoms with E-state index in [4.69, 9.17) is 15.2 Å². The van der Waals surface area contributed by atoms with Gasteiger partial charge < -0.3 is 20.1 Å². The SMILES string of the molecule is COc1ccc(CN2C(=O)[C@@H](N)[C@@H]2c2ccccc2F)cc1OC. The predicted molar refractivity (Wildman–Crippen MR) is 87.2 cm³/mol. The Morgan fingerprint density at radius 3 is 2.50 bits per heavy atom. The number of benzene rings is 2. The molecular formula is C18H19FN2O3. The third-order valence-corrected chi connectivity index (χ3v) is 4.27. The third kappa shape index (κ3) is 2.69. The molecule has 126 valence electrons. The van der Waals surface area contributed by atoms with Crippen molar-refractivity contribution in [1.82, 2.24) is 4.90 Å². The van der Waals surface area contributed by atoms with Gasteiger partial charge in [0.15, 0.2) is 11.5 Å². The molecule has 1 heterocycles. The van der Waals surface area contributed by atoms with Crippen molar-refractivity contribution in [2.24, 2.45) is 5.73 Å². The second kappa shape index (κ2) is 6.49. The van der Waals surface area contributed by atoms with E-state index in [2.05, 4.69) is 0 Å². The number of hydrogen-bond acceptors (Lipinski definition) is 4. The van der Waals surface area contributed by atoms with Gasteiger partial charge in [0, 0.05) is 12.1 Å². The second-order valence-corrected chi connectivity index (χ2v) is 5.65. The molecule has 1 aliphatic heterocycles. The summed E-state index contributed by atoms with van der Waals surface area (Å²) in [6.07, 6.45) is 0. The number of β-lactam (4-membered cyclic amide) rings is 1. The zero-order valence-electron chi connectivity index (χ0n) is 13.5. The van der Waals surface area contributed by atoms with Gasteiger partial charge in [-0.1, -0.05) is 24.3 Å². The Morgan fingerprint density at radius 1 is 1.12 bits per heavy atom. The summed E-state index contributed by atoms with van der Waals surface area (Å²) in [4.78, 5) is 13.7. The molecule has 2 N–H and O–H groups in total. The predicted octanol–water partition coefficient (Wildman–Crippen LogP) is 2.25. The fourth-order valence-electron chi connectivity index (χ4n) is 3.00. The van der Waals surface area contributed by atoms with Gasteiger partial charge in [-0.3, -0.25) is 4.79 Å². The van der Waals surface area contributed by atoms with Crippen molar-refractivity contribution in [3.05, 3.63) is 59.4 Å². The Kier molecular flexibility index (Phi) is 4.40.